The summed E-state index contributed by atoms with van der Waals surface area (Å²) in [5.74, 6) is 0. The van der Waals surface area contributed by atoms with E-state index in [2.05, 4.69) is 48.0 Å². The molecule has 1 nitrogen and oxygen atoms in total. The van der Waals surface area contributed by atoms with Crippen LogP contribution in [-0.4, -0.2) is 4.57 Å². The molecule has 14 heavy (non-hydrogen) atoms. The van der Waals surface area contributed by atoms with Crippen LogP contribution < -0.4 is 0 Å². The molecule has 0 saturated carbocycles. The topological polar surface area (TPSA) is 4.93 Å². The maximum atomic E-state index is 3.27. The third-order valence-electron chi connectivity index (χ3n) is 2.73. The maximum Gasteiger partial charge on any atom is 0.0569 e. The summed E-state index contributed by atoms with van der Waals surface area (Å²) in [4.78, 5) is 0. The Labute approximate surface area is 82.6 Å². The Morgan fingerprint density at radius 2 is 1.79 bits per heavy atom. The molecule has 0 unspecified atom stereocenters. The lowest BCUT2D eigenvalue weighted by molar-refractivity contribution is 1.01. The zero-order valence-electron chi connectivity index (χ0n) is 7.99. The fraction of sp³-hybridized carbons (Fsp3) is 0.0769. The molecule has 0 fully saturated rings. The highest BCUT2D eigenvalue weighted by Gasteiger charge is 2.05. The molecule has 67 valence electrons. The van der Waals surface area contributed by atoms with E-state index in [1.54, 1.807) is 0 Å². The van der Waals surface area contributed by atoms with Gasteiger partial charge in [-0.3, -0.25) is 0 Å². The molecule has 0 atom stereocenters. The lowest BCUT2D eigenvalue weighted by Crippen LogP contribution is -1.85. The zero-order chi connectivity index (χ0) is 9.54. The Bertz CT molecular complexity index is 551. The van der Waals surface area contributed by atoms with Crippen LogP contribution in [0.25, 0.3) is 21.8 Å². The Kier molecular flexibility index (Phi) is 1.42. The second-order valence-corrected chi connectivity index (χ2v) is 3.51. The minimum atomic E-state index is 1.17. The first-order valence-electron chi connectivity index (χ1n) is 4.72. The van der Waals surface area contributed by atoms with Gasteiger partial charge in [0.1, 0.15) is 0 Å². The minimum Gasteiger partial charge on any atom is -0.343 e. The summed E-state index contributed by atoms with van der Waals surface area (Å²) < 4.78 is 2.19. The number of hydrogen-bond donors (Lipinski definition) is 0. The number of fused-ring (bicyclic) bond motifs is 3. The molecule has 0 aliphatic rings. The third-order valence-corrected chi connectivity index (χ3v) is 2.73. The predicted molar refractivity (Wildman–Crippen MR) is 59.3 cm³/mol. The maximum absolute atomic E-state index is 3.27. The van der Waals surface area contributed by atoms with E-state index in [1.807, 2.05) is 12.1 Å². The Hall–Kier alpha value is -1.76. The molecule has 3 rings (SSSR count). The lowest BCUT2D eigenvalue weighted by atomic mass is 10.2. The number of benzene rings is 2. The highest BCUT2D eigenvalue weighted by Crippen LogP contribution is 2.26. The van der Waals surface area contributed by atoms with Crippen molar-refractivity contribution in [3.05, 3.63) is 48.5 Å². The molecule has 2 aromatic carbocycles. The van der Waals surface area contributed by atoms with E-state index in [0.29, 0.717) is 0 Å². The highest BCUT2D eigenvalue weighted by atomic mass is 14.9. The van der Waals surface area contributed by atoms with Gasteiger partial charge in [-0.15, -0.1) is 0 Å². The predicted octanol–water partition coefficient (Wildman–Crippen LogP) is 3.13. The van der Waals surface area contributed by atoms with Crippen LogP contribution in [0.5, 0.6) is 0 Å². The van der Waals surface area contributed by atoms with Gasteiger partial charge in [-0.1, -0.05) is 36.4 Å². The van der Waals surface area contributed by atoms with Gasteiger partial charge < -0.3 is 4.57 Å². The number of aromatic nitrogens is 1. The standard InChI is InChI=1S/C13H10N/c1-14-12-8-4-2-6-10(12)11-7-3-5-9-13(11)14/h2-8H,1H3. The summed E-state index contributed by atoms with van der Waals surface area (Å²) in [6.07, 6.45) is 0. The summed E-state index contributed by atoms with van der Waals surface area (Å²) in [7, 11) is 2.08. The highest BCUT2D eigenvalue weighted by molar-refractivity contribution is 6.07. The van der Waals surface area contributed by atoms with Crippen LogP contribution >= 0.6 is 0 Å². The molecule has 1 heteroatoms. The molecular formula is C13H10N. The fourth-order valence-corrected chi connectivity index (χ4v) is 2.04. The second kappa shape index (κ2) is 2.61. The molecule has 3 aromatic rings. The Morgan fingerprint density at radius 1 is 1.00 bits per heavy atom. The monoisotopic (exact) mass is 180 g/mol. The van der Waals surface area contributed by atoms with Gasteiger partial charge >= 0.3 is 0 Å². The number of rotatable bonds is 0. The molecule has 0 aliphatic heterocycles. The minimum absolute atomic E-state index is 1.17. The molecule has 0 spiro atoms. The third kappa shape index (κ3) is 0.841. The first-order chi connectivity index (χ1) is 6.88. The molecule has 0 N–H and O–H groups in total. The average Bonchev–Trinajstić information content (AvgIpc) is 2.55. The molecule has 0 bridgehead atoms. The van der Waals surface area contributed by atoms with E-state index in [1.165, 1.54) is 21.8 Å². The molecule has 1 radical (unpaired) electrons. The van der Waals surface area contributed by atoms with Crippen LogP contribution in [0.1, 0.15) is 0 Å². The van der Waals surface area contributed by atoms with Crippen molar-refractivity contribution >= 4 is 21.8 Å². The average molecular weight is 180 g/mol. The van der Waals surface area contributed by atoms with Gasteiger partial charge in [0.05, 0.1) is 5.52 Å². The van der Waals surface area contributed by atoms with Crippen LogP contribution in [0.4, 0.5) is 0 Å². The van der Waals surface area contributed by atoms with Gasteiger partial charge in [-0.25, -0.2) is 0 Å². The van der Waals surface area contributed by atoms with Crippen molar-refractivity contribution in [2.24, 2.45) is 7.05 Å². The van der Waals surface area contributed by atoms with Crippen LogP contribution in [-0.2, 0) is 7.05 Å². The second-order valence-electron chi connectivity index (χ2n) is 3.51. The SMILES string of the molecule is Cn1c2[c]cccc2c2ccccc21. The van der Waals surface area contributed by atoms with E-state index in [9.17, 15) is 0 Å². The van der Waals surface area contributed by atoms with E-state index < -0.39 is 0 Å². The van der Waals surface area contributed by atoms with Gasteiger partial charge in [0.2, 0.25) is 0 Å². The first kappa shape index (κ1) is 7.63. The van der Waals surface area contributed by atoms with E-state index in [-0.39, 0.29) is 0 Å². The van der Waals surface area contributed by atoms with Crippen LogP contribution in [0, 0.1) is 6.07 Å². The summed E-state index contributed by atoms with van der Waals surface area (Å²) >= 11 is 0. The van der Waals surface area contributed by atoms with Crippen molar-refractivity contribution in [2.75, 3.05) is 0 Å². The van der Waals surface area contributed by atoms with Gasteiger partial charge in [0.15, 0.2) is 0 Å². The summed E-state index contributed by atoms with van der Waals surface area (Å²) in [6, 6.07) is 17.9. The van der Waals surface area contributed by atoms with Crippen molar-refractivity contribution in [3.8, 4) is 0 Å². The lowest BCUT2D eigenvalue weighted by Gasteiger charge is -1.95. The number of para-hydroxylation sites is 2. The molecule has 0 amide bonds. The molecular weight excluding hydrogens is 170 g/mol. The molecule has 0 saturated heterocycles. The van der Waals surface area contributed by atoms with Crippen molar-refractivity contribution in [3.63, 3.8) is 0 Å². The largest absolute Gasteiger partial charge is 0.343 e. The molecule has 0 aliphatic carbocycles. The smallest absolute Gasteiger partial charge is 0.0569 e. The van der Waals surface area contributed by atoms with Gasteiger partial charge in [-0.2, -0.15) is 0 Å². The Balaban J connectivity index is 2.69. The van der Waals surface area contributed by atoms with E-state index >= 15 is 0 Å². The normalized spacial score (nSPS) is 11.2. The number of hydrogen-bond acceptors (Lipinski definition) is 0. The summed E-state index contributed by atoms with van der Waals surface area (Å²) in [5.41, 5.74) is 2.44. The van der Waals surface area contributed by atoms with Crippen LogP contribution in [0.3, 0.4) is 0 Å². The Morgan fingerprint density at radius 3 is 2.71 bits per heavy atom. The molecule has 1 aromatic heterocycles. The molecule has 1 heterocycles. The summed E-state index contributed by atoms with van der Waals surface area (Å²) in [6.45, 7) is 0. The van der Waals surface area contributed by atoms with Crippen molar-refractivity contribution in [1.82, 2.24) is 4.57 Å². The van der Waals surface area contributed by atoms with Crippen molar-refractivity contribution in [1.29, 1.82) is 0 Å². The zero-order valence-corrected chi connectivity index (χ0v) is 7.99. The number of nitrogens with zero attached hydrogens (tertiary/aromatic N) is 1. The van der Waals surface area contributed by atoms with E-state index in [4.69, 9.17) is 0 Å². The first-order valence-corrected chi connectivity index (χ1v) is 4.72. The fourth-order valence-electron chi connectivity index (χ4n) is 2.04. The van der Waals surface area contributed by atoms with Gasteiger partial charge in [0, 0.05) is 29.4 Å². The van der Waals surface area contributed by atoms with Crippen molar-refractivity contribution < 1.29 is 0 Å². The van der Waals surface area contributed by atoms with Crippen LogP contribution in [0.15, 0.2) is 42.5 Å². The van der Waals surface area contributed by atoms with Gasteiger partial charge in [0.25, 0.3) is 0 Å². The number of aryl methyl sites for hydroxylation is 1. The summed E-state index contributed by atoms with van der Waals surface area (Å²) in [5, 5.41) is 2.59. The van der Waals surface area contributed by atoms with Crippen LogP contribution in [0.2, 0.25) is 0 Å². The quantitative estimate of drug-likeness (QED) is 0.501. The van der Waals surface area contributed by atoms with Crippen molar-refractivity contribution in [2.45, 2.75) is 0 Å². The van der Waals surface area contributed by atoms with Gasteiger partial charge in [-0.05, 0) is 6.07 Å². The van der Waals surface area contributed by atoms with E-state index in [0.717, 1.165) is 0 Å².